The number of hydrogen-bond acceptors (Lipinski definition) is 9. The summed E-state index contributed by atoms with van der Waals surface area (Å²) in [7, 11) is 0. The van der Waals surface area contributed by atoms with Crippen LogP contribution in [0.4, 0.5) is 0 Å². The highest BCUT2D eigenvalue weighted by atomic mass is 79.9. The van der Waals surface area contributed by atoms with E-state index in [0.29, 0.717) is 34.0 Å². The maximum absolute atomic E-state index is 10.6. The minimum Gasteiger partial charge on any atom is -0.507 e. The lowest BCUT2D eigenvalue weighted by atomic mass is 10.1. The van der Waals surface area contributed by atoms with E-state index in [9.17, 15) is 10.2 Å². The number of benzene rings is 3. The molecular formula is C25H22BrN3O6. The fourth-order valence-electron chi connectivity index (χ4n) is 3.25. The molecular weight excluding hydrogens is 518 g/mol. The second-order valence-electron chi connectivity index (χ2n) is 7.32. The van der Waals surface area contributed by atoms with E-state index < -0.39 is 0 Å². The summed E-state index contributed by atoms with van der Waals surface area (Å²) in [6.07, 6.45) is 0. The van der Waals surface area contributed by atoms with E-state index >= 15 is 0 Å². The highest BCUT2D eigenvalue weighted by Crippen LogP contribution is 2.35. The first-order chi connectivity index (χ1) is 17.0. The minimum absolute atomic E-state index is 0.0969. The quantitative estimate of drug-likeness (QED) is 0.250. The summed E-state index contributed by atoms with van der Waals surface area (Å²) in [5, 5.41) is 39.2. The van der Waals surface area contributed by atoms with E-state index in [1.54, 1.807) is 24.3 Å². The normalized spacial score (nSPS) is 10.8. The van der Waals surface area contributed by atoms with Crippen molar-refractivity contribution in [3.8, 4) is 57.2 Å². The summed E-state index contributed by atoms with van der Waals surface area (Å²) in [6.45, 7) is -0.105. The molecule has 35 heavy (non-hydrogen) atoms. The first kappa shape index (κ1) is 24.4. The van der Waals surface area contributed by atoms with Gasteiger partial charge in [0.15, 0.2) is 17.5 Å². The molecule has 0 aliphatic heterocycles. The van der Waals surface area contributed by atoms with Gasteiger partial charge in [-0.05, 0) is 36.4 Å². The van der Waals surface area contributed by atoms with Crippen molar-refractivity contribution in [2.45, 2.75) is 0 Å². The molecule has 3 aromatic carbocycles. The van der Waals surface area contributed by atoms with Crippen molar-refractivity contribution in [1.82, 2.24) is 15.0 Å². The van der Waals surface area contributed by atoms with Gasteiger partial charge >= 0.3 is 0 Å². The Hall–Kier alpha value is -3.73. The number of nitrogens with zero attached hydrogens (tertiary/aromatic N) is 3. The number of aromatic nitrogens is 3. The van der Waals surface area contributed by atoms with Gasteiger partial charge in [-0.3, -0.25) is 0 Å². The SMILES string of the molecule is OCCOc1ccc(-c2nc(-c3ccc(Br)cc3)nc(-c3ccc(OCCO)cc3O)n2)c(O)c1. The molecule has 0 aliphatic rings. The highest BCUT2D eigenvalue weighted by molar-refractivity contribution is 9.10. The van der Waals surface area contributed by atoms with Crippen molar-refractivity contribution < 1.29 is 29.9 Å². The molecule has 0 saturated carbocycles. The maximum atomic E-state index is 10.6. The van der Waals surface area contributed by atoms with Gasteiger partial charge in [0.25, 0.3) is 0 Å². The van der Waals surface area contributed by atoms with Crippen molar-refractivity contribution in [2.75, 3.05) is 26.4 Å². The Kier molecular flexibility index (Phi) is 7.76. The summed E-state index contributed by atoms with van der Waals surface area (Å²) in [5.41, 5.74) is 1.39. The number of phenols is 2. The number of hydrogen-bond donors (Lipinski definition) is 4. The first-order valence-electron chi connectivity index (χ1n) is 10.6. The van der Waals surface area contributed by atoms with Crippen molar-refractivity contribution in [1.29, 1.82) is 0 Å². The van der Waals surface area contributed by atoms with Crippen molar-refractivity contribution in [2.24, 2.45) is 0 Å². The molecule has 0 fully saturated rings. The Bertz CT molecular complexity index is 1240. The second kappa shape index (κ2) is 11.1. The van der Waals surface area contributed by atoms with Crippen molar-refractivity contribution >= 4 is 15.9 Å². The van der Waals surface area contributed by atoms with Crippen LogP contribution in [0.15, 0.2) is 65.1 Å². The minimum atomic E-state index is -0.150. The van der Waals surface area contributed by atoms with Gasteiger partial charge in [-0.2, -0.15) is 0 Å². The number of aromatic hydroxyl groups is 2. The van der Waals surface area contributed by atoms with Crippen LogP contribution in [-0.2, 0) is 0 Å². The monoisotopic (exact) mass is 539 g/mol. The summed E-state index contributed by atoms with van der Waals surface area (Å²) < 4.78 is 11.6. The number of ether oxygens (including phenoxy) is 2. The van der Waals surface area contributed by atoms with Crippen LogP contribution in [0.3, 0.4) is 0 Å². The lowest BCUT2D eigenvalue weighted by molar-refractivity contribution is 0.201. The third kappa shape index (κ3) is 5.86. The molecule has 0 spiro atoms. The van der Waals surface area contributed by atoms with Gasteiger partial charge in [0, 0.05) is 22.2 Å². The van der Waals surface area contributed by atoms with Gasteiger partial charge in [-0.1, -0.05) is 28.1 Å². The Morgan fingerprint density at radius 3 is 1.51 bits per heavy atom. The Morgan fingerprint density at radius 2 is 1.09 bits per heavy atom. The summed E-state index contributed by atoms with van der Waals surface area (Å²) in [6, 6.07) is 16.7. The summed E-state index contributed by atoms with van der Waals surface area (Å²) in [5.74, 6) is 1.28. The fourth-order valence-corrected chi connectivity index (χ4v) is 3.52. The second-order valence-corrected chi connectivity index (χ2v) is 8.23. The van der Waals surface area contributed by atoms with Gasteiger partial charge in [0.1, 0.15) is 36.2 Å². The standard InChI is InChI=1S/C25H22BrN3O6/c26-16-3-1-15(2-4-16)23-27-24(19-7-5-17(13-21(19)32)34-11-9-30)29-25(28-23)20-8-6-18(14-22(20)33)35-12-10-31/h1-8,13-14,30-33H,9-12H2. The lowest BCUT2D eigenvalue weighted by Crippen LogP contribution is -2.03. The van der Waals surface area contributed by atoms with Crippen LogP contribution in [0, 0.1) is 0 Å². The molecule has 0 atom stereocenters. The topological polar surface area (TPSA) is 138 Å². The maximum Gasteiger partial charge on any atom is 0.167 e. The molecule has 1 aromatic heterocycles. The first-order valence-corrected chi connectivity index (χ1v) is 11.4. The lowest BCUT2D eigenvalue weighted by Gasteiger charge is -2.12. The van der Waals surface area contributed by atoms with Gasteiger partial charge < -0.3 is 29.9 Å². The molecule has 0 amide bonds. The molecule has 0 aliphatic carbocycles. The average molecular weight is 540 g/mol. The zero-order chi connectivity index (χ0) is 24.8. The molecule has 10 heteroatoms. The molecule has 4 N–H and O–H groups in total. The van der Waals surface area contributed by atoms with Crippen molar-refractivity contribution in [3.05, 3.63) is 65.1 Å². The highest BCUT2D eigenvalue weighted by Gasteiger charge is 2.17. The van der Waals surface area contributed by atoms with E-state index in [0.717, 1.165) is 4.47 Å². The van der Waals surface area contributed by atoms with E-state index in [2.05, 4.69) is 30.9 Å². The van der Waals surface area contributed by atoms with Crippen LogP contribution in [0.1, 0.15) is 0 Å². The zero-order valence-corrected chi connectivity index (χ0v) is 20.0. The predicted molar refractivity (Wildman–Crippen MR) is 132 cm³/mol. The van der Waals surface area contributed by atoms with Crippen LogP contribution < -0.4 is 9.47 Å². The average Bonchev–Trinajstić information content (AvgIpc) is 2.86. The van der Waals surface area contributed by atoms with Crippen LogP contribution in [0.25, 0.3) is 34.2 Å². The van der Waals surface area contributed by atoms with Crippen LogP contribution in [0.5, 0.6) is 23.0 Å². The van der Waals surface area contributed by atoms with Gasteiger partial charge in [0.2, 0.25) is 0 Å². The molecule has 180 valence electrons. The molecule has 0 saturated heterocycles. The van der Waals surface area contributed by atoms with Gasteiger partial charge in [0.05, 0.1) is 24.3 Å². The molecule has 0 unspecified atom stereocenters. The third-order valence-corrected chi connectivity index (χ3v) is 5.41. The summed E-state index contributed by atoms with van der Waals surface area (Å²) >= 11 is 3.41. The predicted octanol–water partition coefficient (Wildman–Crippen LogP) is 3.79. The molecule has 0 bridgehead atoms. The smallest absolute Gasteiger partial charge is 0.167 e. The largest absolute Gasteiger partial charge is 0.507 e. The van der Waals surface area contributed by atoms with E-state index in [-0.39, 0.29) is 49.6 Å². The number of phenolic OH excluding ortho intramolecular Hbond substituents is 2. The van der Waals surface area contributed by atoms with Crippen LogP contribution >= 0.6 is 15.9 Å². The number of halogens is 1. The Labute approximate surface area is 209 Å². The van der Waals surface area contributed by atoms with Crippen LogP contribution in [0.2, 0.25) is 0 Å². The van der Waals surface area contributed by atoms with E-state index in [4.69, 9.17) is 19.7 Å². The molecule has 0 radical (unpaired) electrons. The number of aliphatic hydroxyl groups is 2. The van der Waals surface area contributed by atoms with Crippen molar-refractivity contribution in [3.63, 3.8) is 0 Å². The van der Waals surface area contributed by atoms with Gasteiger partial charge in [-0.15, -0.1) is 0 Å². The number of rotatable bonds is 9. The molecule has 4 aromatic rings. The van der Waals surface area contributed by atoms with Gasteiger partial charge in [-0.25, -0.2) is 15.0 Å². The van der Waals surface area contributed by atoms with E-state index in [1.807, 2.05) is 24.3 Å². The van der Waals surface area contributed by atoms with E-state index in [1.165, 1.54) is 12.1 Å². The Morgan fingerprint density at radius 1 is 0.629 bits per heavy atom. The molecule has 1 heterocycles. The Balaban J connectivity index is 1.81. The fraction of sp³-hybridized carbons (Fsp3) is 0.160. The number of aliphatic hydroxyl groups excluding tert-OH is 2. The third-order valence-electron chi connectivity index (χ3n) is 4.88. The van der Waals surface area contributed by atoms with Crippen LogP contribution in [-0.4, -0.2) is 61.8 Å². The molecule has 9 nitrogen and oxygen atoms in total. The summed E-state index contributed by atoms with van der Waals surface area (Å²) in [4.78, 5) is 13.6. The molecule has 4 rings (SSSR count). The zero-order valence-electron chi connectivity index (χ0n) is 18.4.